The first-order chi connectivity index (χ1) is 6.86. The van der Waals surface area contributed by atoms with E-state index >= 15 is 0 Å². The van der Waals surface area contributed by atoms with Gasteiger partial charge in [0.2, 0.25) is 0 Å². The van der Waals surface area contributed by atoms with Crippen molar-refractivity contribution in [3.63, 3.8) is 0 Å². The molecule has 0 spiro atoms. The van der Waals surface area contributed by atoms with Crippen molar-refractivity contribution in [3.05, 3.63) is 24.0 Å². The molecule has 14 heavy (non-hydrogen) atoms. The predicted molar refractivity (Wildman–Crippen MR) is 53.7 cm³/mol. The van der Waals surface area contributed by atoms with Gasteiger partial charge in [0.05, 0.1) is 25.1 Å². The van der Waals surface area contributed by atoms with Gasteiger partial charge in [0, 0.05) is 6.42 Å². The molecule has 0 aliphatic heterocycles. The molecule has 3 heteroatoms. The Balaban J connectivity index is 2.38. The Morgan fingerprint density at radius 1 is 1.50 bits per heavy atom. The summed E-state index contributed by atoms with van der Waals surface area (Å²) in [4.78, 5) is 3.99. The molecule has 1 rings (SSSR count). The second-order valence-electron chi connectivity index (χ2n) is 2.67. The zero-order valence-electron chi connectivity index (χ0n) is 8.16. The molecule has 1 heterocycles. The standard InChI is InChI=1S/C11H13NO2/c1-2-3-4-7-14-11-6-5-10(9-13)12-8-11/h5-6,8,13H,4,7,9H2,1H3. The van der Waals surface area contributed by atoms with Crippen molar-refractivity contribution >= 4 is 0 Å². The average molecular weight is 191 g/mol. The average Bonchev–Trinajstić information content (AvgIpc) is 2.25. The maximum absolute atomic E-state index is 8.75. The van der Waals surface area contributed by atoms with Crippen molar-refractivity contribution in [2.75, 3.05) is 6.61 Å². The summed E-state index contributed by atoms with van der Waals surface area (Å²) in [7, 11) is 0. The van der Waals surface area contributed by atoms with Gasteiger partial charge in [-0.25, -0.2) is 0 Å². The molecule has 1 N–H and O–H groups in total. The molecule has 0 bridgehead atoms. The van der Waals surface area contributed by atoms with Crippen LogP contribution in [-0.4, -0.2) is 16.7 Å². The van der Waals surface area contributed by atoms with Crippen LogP contribution in [0.3, 0.4) is 0 Å². The second-order valence-corrected chi connectivity index (χ2v) is 2.67. The highest BCUT2D eigenvalue weighted by molar-refractivity contribution is 5.19. The molecular weight excluding hydrogens is 178 g/mol. The summed E-state index contributed by atoms with van der Waals surface area (Å²) < 4.78 is 5.36. The molecular formula is C11H13NO2. The molecule has 0 amide bonds. The van der Waals surface area contributed by atoms with Crippen LogP contribution in [-0.2, 0) is 6.61 Å². The van der Waals surface area contributed by atoms with E-state index in [1.165, 1.54) is 0 Å². The van der Waals surface area contributed by atoms with Gasteiger partial charge in [-0.15, -0.1) is 11.8 Å². The highest BCUT2D eigenvalue weighted by Gasteiger charge is 1.94. The van der Waals surface area contributed by atoms with Crippen molar-refractivity contribution in [1.29, 1.82) is 0 Å². The van der Waals surface area contributed by atoms with Crippen LogP contribution in [0.1, 0.15) is 19.0 Å². The SMILES string of the molecule is CC#CCCOc1ccc(CO)nc1. The van der Waals surface area contributed by atoms with E-state index in [0.717, 1.165) is 6.42 Å². The third kappa shape index (κ3) is 3.46. The number of hydrogen-bond donors (Lipinski definition) is 1. The van der Waals surface area contributed by atoms with E-state index in [4.69, 9.17) is 9.84 Å². The van der Waals surface area contributed by atoms with Gasteiger partial charge in [-0.1, -0.05) is 0 Å². The molecule has 0 saturated carbocycles. The molecule has 3 nitrogen and oxygen atoms in total. The molecule has 0 aromatic carbocycles. The van der Waals surface area contributed by atoms with Crippen LogP contribution in [0.4, 0.5) is 0 Å². The molecule has 74 valence electrons. The number of aliphatic hydroxyl groups excluding tert-OH is 1. The number of ether oxygens (including phenoxy) is 1. The van der Waals surface area contributed by atoms with E-state index in [0.29, 0.717) is 18.1 Å². The molecule has 0 unspecified atom stereocenters. The molecule has 0 aliphatic rings. The smallest absolute Gasteiger partial charge is 0.137 e. The maximum atomic E-state index is 8.75. The molecule has 0 aliphatic carbocycles. The Morgan fingerprint density at radius 3 is 2.93 bits per heavy atom. The largest absolute Gasteiger partial charge is 0.491 e. The van der Waals surface area contributed by atoms with Gasteiger partial charge >= 0.3 is 0 Å². The Hall–Kier alpha value is -1.53. The monoisotopic (exact) mass is 191 g/mol. The highest BCUT2D eigenvalue weighted by atomic mass is 16.5. The third-order valence-corrected chi connectivity index (χ3v) is 1.63. The number of pyridine rings is 1. The molecule has 0 atom stereocenters. The van der Waals surface area contributed by atoms with Gasteiger partial charge in [-0.2, -0.15) is 0 Å². The number of hydrogen-bond acceptors (Lipinski definition) is 3. The van der Waals surface area contributed by atoms with Gasteiger partial charge < -0.3 is 9.84 Å². The van der Waals surface area contributed by atoms with E-state index < -0.39 is 0 Å². The first-order valence-corrected chi connectivity index (χ1v) is 4.45. The fourth-order valence-corrected chi connectivity index (χ4v) is 0.935. The van der Waals surface area contributed by atoms with Gasteiger partial charge in [0.1, 0.15) is 5.75 Å². The van der Waals surface area contributed by atoms with E-state index in [-0.39, 0.29) is 6.61 Å². The van der Waals surface area contributed by atoms with Crippen LogP contribution in [0.25, 0.3) is 0 Å². The van der Waals surface area contributed by atoms with Gasteiger partial charge in [0.15, 0.2) is 0 Å². The third-order valence-electron chi connectivity index (χ3n) is 1.63. The number of aromatic nitrogens is 1. The highest BCUT2D eigenvalue weighted by Crippen LogP contribution is 2.08. The Kier molecular flexibility index (Phi) is 4.53. The second kappa shape index (κ2) is 6.01. The van der Waals surface area contributed by atoms with Crippen LogP contribution in [0.2, 0.25) is 0 Å². The number of nitrogens with zero attached hydrogens (tertiary/aromatic N) is 1. The van der Waals surface area contributed by atoms with Crippen molar-refractivity contribution in [2.45, 2.75) is 20.0 Å². The Bertz CT molecular complexity index is 321. The summed E-state index contributed by atoms with van der Waals surface area (Å²) in [6, 6.07) is 3.53. The van der Waals surface area contributed by atoms with Crippen LogP contribution in [0, 0.1) is 11.8 Å². The molecule has 1 aromatic heterocycles. The predicted octanol–water partition coefficient (Wildman–Crippen LogP) is 1.37. The summed E-state index contributed by atoms with van der Waals surface area (Å²) in [5.41, 5.74) is 0.644. The molecule has 0 fully saturated rings. The van der Waals surface area contributed by atoms with Gasteiger partial charge in [0.25, 0.3) is 0 Å². The van der Waals surface area contributed by atoms with E-state index in [2.05, 4.69) is 16.8 Å². The van der Waals surface area contributed by atoms with Crippen LogP contribution in [0.5, 0.6) is 5.75 Å². The zero-order chi connectivity index (χ0) is 10.2. The van der Waals surface area contributed by atoms with Crippen molar-refractivity contribution in [2.24, 2.45) is 0 Å². The summed E-state index contributed by atoms with van der Waals surface area (Å²) in [5.74, 6) is 6.41. The Labute approximate surface area is 83.7 Å². The summed E-state index contributed by atoms with van der Waals surface area (Å²) in [5, 5.41) is 8.75. The first-order valence-electron chi connectivity index (χ1n) is 4.45. The molecule has 0 radical (unpaired) electrons. The van der Waals surface area contributed by atoms with Gasteiger partial charge in [-0.3, -0.25) is 4.98 Å². The van der Waals surface area contributed by atoms with Crippen LogP contribution in [0.15, 0.2) is 18.3 Å². The minimum absolute atomic E-state index is 0.0401. The fraction of sp³-hybridized carbons (Fsp3) is 0.364. The first kappa shape index (κ1) is 10.6. The Morgan fingerprint density at radius 2 is 2.36 bits per heavy atom. The molecule has 0 saturated heterocycles. The lowest BCUT2D eigenvalue weighted by Gasteiger charge is -2.03. The quantitative estimate of drug-likeness (QED) is 0.577. The summed E-state index contributed by atoms with van der Waals surface area (Å²) in [6.07, 6.45) is 2.32. The lowest BCUT2D eigenvalue weighted by Crippen LogP contribution is -1.97. The number of rotatable bonds is 4. The normalized spacial score (nSPS) is 9.00. The topological polar surface area (TPSA) is 42.4 Å². The minimum atomic E-state index is -0.0401. The maximum Gasteiger partial charge on any atom is 0.137 e. The summed E-state index contributed by atoms with van der Waals surface area (Å²) >= 11 is 0. The summed E-state index contributed by atoms with van der Waals surface area (Å²) in [6.45, 7) is 2.33. The zero-order valence-corrected chi connectivity index (χ0v) is 8.16. The van der Waals surface area contributed by atoms with Gasteiger partial charge in [-0.05, 0) is 19.1 Å². The lowest BCUT2D eigenvalue weighted by atomic mass is 10.3. The van der Waals surface area contributed by atoms with E-state index in [9.17, 15) is 0 Å². The van der Waals surface area contributed by atoms with Crippen molar-refractivity contribution in [1.82, 2.24) is 4.98 Å². The lowest BCUT2D eigenvalue weighted by molar-refractivity contribution is 0.276. The minimum Gasteiger partial charge on any atom is -0.491 e. The van der Waals surface area contributed by atoms with Crippen LogP contribution < -0.4 is 4.74 Å². The van der Waals surface area contributed by atoms with Crippen molar-refractivity contribution < 1.29 is 9.84 Å². The van der Waals surface area contributed by atoms with E-state index in [1.807, 2.05) is 0 Å². The van der Waals surface area contributed by atoms with E-state index in [1.54, 1.807) is 25.3 Å². The van der Waals surface area contributed by atoms with Crippen molar-refractivity contribution in [3.8, 4) is 17.6 Å². The fourth-order valence-electron chi connectivity index (χ4n) is 0.935. The molecule has 1 aromatic rings. The van der Waals surface area contributed by atoms with Crippen LogP contribution >= 0.6 is 0 Å². The number of aliphatic hydroxyl groups is 1.